The van der Waals surface area contributed by atoms with Gasteiger partial charge in [-0.15, -0.1) is 0 Å². The van der Waals surface area contributed by atoms with Crippen LogP contribution in [0.2, 0.25) is 5.02 Å². The highest BCUT2D eigenvalue weighted by Gasteiger charge is 2.28. The van der Waals surface area contributed by atoms with Crippen LogP contribution in [-0.4, -0.2) is 5.11 Å². The van der Waals surface area contributed by atoms with Crippen LogP contribution < -0.4 is 4.74 Å². The van der Waals surface area contributed by atoms with Crippen LogP contribution in [0.1, 0.15) is 29.8 Å². The van der Waals surface area contributed by atoms with Gasteiger partial charge < -0.3 is 9.84 Å². The van der Waals surface area contributed by atoms with Crippen LogP contribution in [0, 0.1) is 5.82 Å². The quantitative estimate of drug-likeness (QED) is 0.853. The van der Waals surface area contributed by atoms with E-state index in [0.717, 1.165) is 5.56 Å². The Kier molecular flexibility index (Phi) is 3.17. The first-order chi connectivity index (χ1) is 9.13. The molecule has 98 valence electrons. The average molecular weight is 279 g/mol. The zero-order valence-electron chi connectivity index (χ0n) is 10.0. The molecule has 1 heterocycles. The van der Waals surface area contributed by atoms with E-state index in [1.165, 1.54) is 12.1 Å². The highest BCUT2D eigenvalue weighted by atomic mass is 35.5. The van der Waals surface area contributed by atoms with Crippen LogP contribution in [0.5, 0.6) is 5.75 Å². The Bertz CT molecular complexity index is 615. The number of benzene rings is 2. The molecule has 1 unspecified atom stereocenters. The molecular formula is C15H12ClFO2. The number of hydrogen-bond acceptors (Lipinski definition) is 2. The van der Waals surface area contributed by atoms with Gasteiger partial charge in [0, 0.05) is 17.0 Å². The summed E-state index contributed by atoms with van der Waals surface area (Å²) < 4.78 is 19.0. The largest absolute Gasteiger partial charge is 0.485 e. The van der Waals surface area contributed by atoms with Gasteiger partial charge in [0.25, 0.3) is 0 Å². The lowest BCUT2D eigenvalue weighted by molar-refractivity contribution is 0.0653. The first-order valence-electron chi connectivity index (χ1n) is 6.03. The van der Waals surface area contributed by atoms with E-state index in [1.54, 1.807) is 12.1 Å². The maximum Gasteiger partial charge on any atom is 0.127 e. The summed E-state index contributed by atoms with van der Waals surface area (Å²) in [5.74, 6) is 0.146. The van der Waals surface area contributed by atoms with E-state index >= 15 is 0 Å². The predicted molar refractivity (Wildman–Crippen MR) is 70.8 cm³/mol. The Morgan fingerprint density at radius 2 is 2.05 bits per heavy atom. The second-order valence-electron chi connectivity index (χ2n) is 4.60. The van der Waals surface area contributed by atoms with Crippen LogP contribution in [0.3, 0.4) is 0 Å². The molecule has 0 bridgehead atoms. The maximum atomic E-state index is 13.2. The standard InChI is InChI=1S/C15H12ClFO2/c16-10-3-1-2-9(6-10)15-8-13(18)12-7-11(17)4-5-14(12)19-15/h1-7,13,15,18H,8H2/t13-,15?/m0/s1. The zero-order chi connectivity index (χ0) is 13.4. The number of rotatable bonds is 1. The number of aliphatic hydroxyl groups is 1. The fraction of sp³-hybridized carbons (Fsp3) is 0.200. The first kappa shape index (κ1) is 12.5. The molecule has 3 rings (SSSR count). The van der Waals surface area contributed by atoms with Crippen LogP contribution >= 0.6 is 11.6 Å². The van der Waals surface area contributed by atoms with Crippen molar-refractivity contribution in [3.8, 4) is 5.75 Å². The number of hydrogen-bond donors (Lipinski definition) is 1. The average Bonchev–Trinajstić information content (AvgIpc) is 2.39. The summed E-state index contributed by atoms with van der Waals surface area (Å²) in [5, 5.41) is 10.7. The molecule has 1 aliphatic rings. The summed E-state index contributed by atoms with van der Waals surface area (Å²) in [4.78, 5) is 0. The maximum absolute atomic E-state index is 13.2. The van der Waals surface area contributed by atoms with Crippen LogP contribution in [0.4, 0.5) is 4.39 Å². The minimum absolute atomic E-state index is 0.272. The van der Waals surface area contributed by atoms with E-state index in [0.29, 0.717) is 22.8 Å². The Morgan fingerprint density at radius 1 is 1.21 bits per heavy atom. The Balaban J connectivity index is 1.95. The van der Waals surface area contributed by atoms with E-state index < -0.39 is 6.10 Å². The van der Waals surface area contributed by atoms with E-state index in [1.807, 2.05) is 18.2 Å². The first-order valence-corrected chi connectivity index (χ1v) is 6.41. The fourth-order valence-electron chi connectivity index (χ4n) is 2.33. The van der Waals surface area contributed by atoms with Gasteiger partial charge in [-0.25, -0.2) is 4.39 Å². The van der Waals surface area contributed by atoms with E-state index in [-0.39, 0.29) is 11.9 Å². The van der Waals surface area contributed by atoms with Gasteiger partial charge in [-0.05, 0) is 35.9 Å². The van der Waals surface area contributed by atoms with Gasteiger partial charge >= 0.3 is 0 Å². The Labute approximate surface area is 115 Å². The molecule has 19 heavy (non-hydrogen) atoms. The van der Waals surface area contributed by atoms with Crippen molar-refractivity contribution >= 4 is 11.6 Å². The van der Waals surface area contributed by atoms with Gasteiger partial charge in [-0.3, -0.25) is 0 Å². The monoisotopic (exact) mass is 278 g/mol. The van der Waals surface area contributed by atoms with Gasteiger partial charge in [0.15, 0.2) is 0 Å². The number of fused-ring (bicyclic) bond motifs is 1. The molecule has 0 aromatic heterocycles. The molecule has 1 aliphatic heterocycles. The Morgan fingerprint density at radius 3 is 2.84 bits per heavy atom. The van der Waals surface area contributed by atoms with Gasteiger partial charge in [0.05, 0.1) is 6.10 Å². The SMILES string of the molecule is O[C@H]1CC(c2cccc(Cl)c2)Oc2ccc(F)cc21. The Hall–Kier alpha value is -1.58. The molecule has 0 aliphatic carbocycles. The third-order valence-corrected chi connectivity index (χ3v) is 3.49. The highest BCUT2D eigenvalue weighted by molar-refractivity contribution is 6.30. The lowest BCUT2D eigenvalue weighted by Crippen LogP contribution is -2.19. The van der Waals surface area contributed by atoms with E-state index in [4.69, 9.17) is 16.3 Å². The molecule has 0 spiro atoms. The van der Waals surface area contributed by atoms with E-state index in [2.05, 4.69) is 0 Å². The number of ether oxygens (including phenoxy) is 1. The van der Waals surface area contributed by atoms with Crippen LogP contribution in [0.15, 0.2) is 42.5 Å². The molecule has 2 aromatic rings. The molecule has 0 amide bonds. The van der Waals surface area contributed by atoms with Gasteiger partial charge in [-0.1, -0.05) is 23.7 Å². The zero-order valence-corrected chi connectivity index (χ0v) is 10.8. The molecular weight excluding hydrogens is 267 g/mol. The van der Waals surface area contributed by atoms with Crippen molar-refractivity contribution in [2.75, 3.05) is 0 Å². The van der Waals surface area contributed by atoms with E-state index in [9.17, 15) is 9.50 Å². The second-order valence-corrected chi connectivity index (χ2v) is 5.03. The van der Waals surface area contributed by atoms with Crippen molar-refractivity contribution in [3.05, 3.63) is 64.4 Å². The normalized spacial score (nSPS) is 21.6. The van der Waals surface area contributed by atoms with Crippen molar-refractivity contribution < 1.29 is 14.2 Å². The van der Waals surface area contributed by atoms with Crippen molar-refractivity contribution in [2.24, 2.45) is 0 Å². The van der Waals surface area contributed by atoms with Crippen molar-refractivity contribution in [3.63, 3.8) is 0 Å². The third-order valence-electron chi connectivity index (χ3n) is 3.26. The van der Waals surface area contributed by atoms with Gasteiger partial charge in [0.1, 0.15) is 17.7 Å². The van der Waals surface area contributed by atoms with Crippen molar-refractivity contribution in [2.45, 2.75) is 18.6 Å². The summed E-state index contributed by atoms with van der Waals surface area (Å²) in [7, 11) is 0. The van der Waals surface area contributed by atoms with Crippen molar-refractivity contribution in [1.82, 2.24) is 0 Å². The molecule has 2 atom stereocenters. The lowest BCUT2D eigenvalue weighted by Gasteiger charge is -2.30. The molecule has 2 aromatic carbocycles. The van der Waals surface area contributed by atoms with Crippen LogP contribution in [-0.2, 0) is 0 Å². The minimum atomic E-state index is -0.733. The summed E-state index contributed by atoms with van der Waals surface area (Å²) in [6.07, 6.45) is -0.619. The van der Waals surface area contributed by atoms with Crippen LogP contribution in [0.25, 0.3) is 0 Å². The molecule has 0 saturated carbocycles. The third kappa shape index (κ3) is 2.44. The summed E-state index contributed by atoms with van der Waals surface area (Å²) in [6.45, 7) is 0. The summed E-state index contributed by atoms with van der Waals surface area (Å²) in [5.41, 5.74) is 1.40. The summed E-state index contributed by atoms with van der Waals surface area (Å²) >= 11 is 5.95. The molecule has 0 saturated heterocycles. The minimum Gasteiger partial charge on any atom is -0.485 e. The molecule has 1 N–H and O–H groups in total. The molecule has 0 fully saturated rings. The molecule has 0 radical (unpaired) electrons. The number of halogens is 2. The lowest BCUT2D eigenvalue weighted by atomic mass is 9.95. The summed E-state index contributed by atoms with van der Waals surface area (Å²) in [6, 6.07) is 11.5. The van der Waals surface area contributed by atoms with Gasteiger partial charge in [0.2, 0.25) is 0 Å². The fourth-order valence-corrected chi connectivity index (χ4v) is 2.53. The predicted octanol–water partition coefficient (Wildman–Crippen LogP) is 4.04. The number of aliphatic hydroxyl groups excluding tert-OH is 1. The van der Waals surface area contributed by atoms with Crippen molar-refractivity contribution in [1.29, 1.82) is 0 Å². The second kappa shape index (κ2) is 4.83. The van der Waals surface area contributed by atoms with Gasteiger partial charge in [-0.2, -0.15) is 0 Å². The highest BCUT2D eigenvalue weighted by Crippen LogP contribution is 2.41. The molecule has 2 nitrogen and oxygen atoms in total. The topological polar surface area (TPSA) is 29.5 Å². The molecule has 4 heteroatoms. The smallest absolute Gasteiger partial charge is 0.127 e.